The highest BCUT2D eigenvalue weighted by molar-refractivity contribution is 8.70. The van der Waals surface area contributed by atoms with Gasteiger partial charge in [0.2, 0.25) is 0 Å². The number of rotatable bonds is 4. The van der Waals surface area contributed by atoms with Crippen LogP contribution in [0, 0.1) is 0 Å². The highest BCUT2D eigenvalue weighted by Crippen LogP contribution is 2.29. The molecular formula is C8H15NO4S2. The van der Waals surface area contributed by atoms with E-state index in [1.807, 2.05) is 6.92 Å². The summed E-state index contributed by atoms with van der Waals surface area (Å²) in [6.45, 7) is 2.28. The van der Waals surface area contributed by atoms with Gasteiger partial charge in [-0.25, -0.2) is 0 Å². The van der Waals surface area contributed by atoms with Gasteiger partial charge in [-0.05, 0) is 26.2 Å². The van der Waals surface area contributed by atoms with E-state index in [-0.39, 0.29) is 5.25 Å². The van der Waals surface area contributed by atoms with E-state index in [1.165, 1.54) is 0 Å². The fourth-order valence-electron chi connectivity index (χ4n) is 1.47. The largest absolute Gasteiger partial charge is 0.396 e. The lowest BCUT2D eigenvalue weighted by atomic mass is 9.98. The van der Waals surface area contributed by atoms with Gasteiger partial charge in [0.1, 0.15) is 6.61 Å². The van der Waals surface area contributed by atoms with E-state index in [4.69, 9.17) is 9.39 Å². The smallest absolute Gasteiger partial charge is 0.320 e. The van der Waals surface area contributed by atoms with Crippen molar-refractivity contribution in [2.24, 2.45) is 5.16 Å². The molecule has 0 heterocycles. The molecule has 1 atom stereocenters. The molecule has 1 aliphatic carbocycles. The molecule has 5 nitrogen and oxygen atoms in total. The van der Waals surface area contributed by atoms with Gasteiger partial charge in [0.25, 0.3) is 0 Å². The van der Waals surface area contributed by atoms with Crippen LogP contribution in [0.1, 0.15) is 32.6 Å². The van der Waals surface area contributed by atoms with E-state index >= 15 is 0 Å². The first kappa shape index (κ1) is 12.8. The molecule has 1 N–H and O–H groups in total. The molecule has 1 aliphatic rings. The maximum absolute atomic E-state index is 10.7. The van der Waals surface area contributed by atoms with Crippen LogP contribution in [0.25, 0.3) is 0 Å². The summed E-state index contributed by atoms with van der Waals surface area (Å²) in [7, 11) is -3.45. The van der Waals surface area contributed by atoms with Crippen molar-refractivity contribution in [1.29, 1.82) is 0 Å². The molecule has 0 bridgehead atoms. The summed E-state index contributed by atoms with van der Waals surface area (Å²) in [5, 5.41) is 3.62. The average Bonchev–Trinajstić information content (AvgIpc) is 2.14. The van der Waals surface area contributed by atoms with Crippen molar-refractivity contribution in [2.45, 2.75) is 37.9 Å². The van der Waals surface area contributed by atoms with Crippen LogP contribution < -0.4 is 0 Å². The second kappa shape index (κ2) is 5.72. The number of hydrogen-bond acceptors (Lipinski definition) is 5. The summed E-state index contributed by atoms with van der Waals surface area (Å²) in [4.78, 5) is 4.92. The molecule has 1 rings (SSSR count). The Morgan fingerprint density at radius 2 is 2.33 bits per heavy atom. The molecule has 0 spiro atoms. The minimum atomic E-state index is -4.00. The highest BCUT2D eigenvalue weighted by atomic mass is 33.1. The number of oxime groups is 1. The topological polar surface area (TPSA) is 76.0 Å². The van der Waals surface area contributed by atoms with Crippen LogP contribution in [0.15, 0.2) is 5.16 Å². The van der Waals surface area contributed by atoms with E-state index in [9.17, 15) is 8.42 Å². The Morgan fingerprint density at radius 3 is 2.93 bits per heavy atom. The van der Waals surface area contributed by atoms with Gasteiger partial charge in [-0.15, -0.1) is 0 Å². The molecule has 0 saturated heterocycles. The fourth-order valence-corrected chi connectivity index (χ4v) is 3.80. The monoisotopic (exact) mass is 253 g/mol. The van der Waals surface area contributed by atoms with Crippen LogP contribution in [0.5, 0.6) is 0 Å². The highest BCUT2D eigenvalue weighted by Gasteiger charge is 2.26. The van der Waals surface area contributed by atoms with Gasteiger partial charge in [0.05, 0.1) is 11.0 Å². The van der Waals surface area contributed by atoms with Gasteiger partial charge in [0.15, 0.2) is 0 Å². The lowest BCUT2D eigenvalue weighted by Gasteiger charge is -2.21. The van der Waals surface area contributed by atoms with Gasteiger partial charge in [-0.1, -0.05) is 11.6 Å². The van der Waals surface area contributed by atoms with Crippen LogP contribution >= 0.6 is 10.8 Å². The zero-order chi connectivity index (χ0) is 11.3. The second-order valence-electron chi connectivity index (χ2n) is 3.26. The van der Waals surface area contributed by atoms with Crippen molar-refractivity contribution in [2.75, 3.05) is 6.61 Å². The zero-order valence-electron chi connectivity index (χ0n) is 8.55. The van der Waals surface area contributed by atoms with Crippen molar-refractivity contribution in [1.82, 2.24) is 0 Å². The molecule has 0 radical (unpaired) electrons. The summed E-state index contributed by atoms with van der Waals surface area (Å²) in [6.07, 6.45) is 3.41. The van der Waals surface area contributed by atoms with Gasteiger partial charge in [0, 0.05) is 10.8 Å². The first-order valence-electron chi connectivity index (χ1n) is 4.87. The van der Waals surface area contributed by atoms with Crippen LogP contribution in [0.3, 0.4) is 0 Å². The molecule has 0 aromatic heterocycles. The van der Waals surface area contributed by atoms with Gasteiger partial charge < -0.3 is 4.84 Å². The molecule has 0 unspecified atom stereocenters. The third-order valence-electron chi connectivity index (χ3n) is 2.07. The quantitative estimate of drug-likeness (QED) is 0.470. The minimum absolute atomic E-state index is 0.264. The van der Waals surface area contributed by atoms with Gasteiger partial charge in [-0.3, -0.25) is 4.55 Å². The van der Waals surface area contributed by atoms with Crippen LogP contribution in [0.2, 0.25) is 0 Å². The normalized spacial score (nSPS) is 25.5. The maximum atomic E-state index is 10.7. The number of hydrogen-bond donors (Lipinski definition) is 1. The molecule has 0 aromatic rings. The Morgan fingerprint density at radius 1 is 1.60 bits per heavy atom. The number of nitrogens with zero attached hydrogens (tertiary/aromatic N) is 1. The fraction of sp³-hybridized carbons (Fsp3) is 0.875. The van der Waals surface area contributed by atoms with Gasteiger partial charge in [-0.2, -0.15) is 8.42 Å². The van der Waals surface area contributed by atoms with E-state index < -0.39 is 9.15 Å². The molecule has 88 valence electrons. The predicted molar refractivity (Wildman–Crippen MR) is 60.5 cm³/mol. The van der Waals surface area contributed by atoms with E-state index in [2.05, 4.69) is 5.16 Å². The summed E-state index contributed by atoms with van der Waals surface area (Å²) in [5.41, 5.74) is 0.728. The van der Waals surface area contributed by atoms with E-state index in [0.717, 1.165) is 31.4 Å². The van der Waals surface area contributed by atoms with Crippen molar-refractivity contribution < 1.29 is 17.8 Å². The van der Waals surface area contributed by atoms with Crippen LogP contribution in [-0.2, 0) is 14.0 Å². The Labute approximate surface area is 93.4 Å². The first-order valence-corrected chi connectivity index (χ1v) is 7.71. The third-order valence-corrected chi connectivity index (χ3v) is 4.48. The SMILES string of the molecule is CCO/N=C1/CCCC[C@@H]1SS(=O)(=O)O. The molecule has 7 heteroatoms. The van der Waals surface area contributed by atoms with E-state index in [1.54, 1.807) is 0 Å². The maximum Gasteiger partial charge on any atom is 0.320 e. The third kappa shape index (κ3) is 4.85. The molecule has 15 heavy (non-hydrogen) atoms. The summed E-state index contributed by atoms with van der Waals surface area (Å²) in [6, 6.07) is 0. The zero-order valence-corrected chi connectivity index (χ0v) is 10.2. The molecule has 1 saturated carbocycles. The molecule has 0 aromatic carbocycles. The Balaban J connectivity index is 2.66. The van der Waals surface area contributed by atoms with Crippen molar-refractivity contribution in [3.63, 3.8) is 0 Å². The first-order chi connectivity index (χ1) is 7.03. The summed E-state index contributed by atoms with van der Waals surface area (Å²) >= 11 is 0. The lowest BCUT2D eigenvalue weighted by Crippen LogP contribution is -2.23. The van der Waals surface area contributed by atoms with Crippen LogP contribution in [-0.4, -0.2) is 30.5 Å². The van der Waals surface area contributed by atoms with Crippen molar-refractivity contribution in [3.8, 4) is 0 Å². The van der Waals surface area contributed by atoms with E-state index in [0.29, 0.717) is 17.4 Å². The van der Waals surface area contributed by atoms with Crippen LogP contribution in [0.4, 0.5) is 0 Å². The lowest BCUT2D eigenvalue weighted by molar-refractivity contribution is 0.157. The predicted octanol–water partition coefficient (Wildman–Crippen LogP) is 1.86. The molecule has 1 fully saturated rings. The standard InChI is InChI=1S/C8H15NO4S2/c1-2-13-9-7-5-3-4-6-8(7)14-15(10,11)12/h8H,2-6H2,1H3,(H,10,11,12)/b9-7-/t8-/m0/s1. The Hall–Kier alpha value is -0.270. The Bertz CT molecular complexity index is 326. The molecular weight excluding hydrogens is 238 g/mol. The minimum Gasteiger partial charge on any atom is -0.396 e. The Kier molecular flexibility index (Phi) is 4.88. The van der Waals surface area contributed by atoms with Crippen molar-refractivity contribution >= 4 is 25.7 Å². The average molecular weight is 253 g/mol. The van der Waals surface area contributed by atoms with Crippen molar-refractivity contribution in [3.05, 3.63) is 0 Å². The molecule has 0 aliphatic heterocycles. The molecule has 0 amide bonds. The van der Waals surface area contributed by atoms with Gasteiger partial charge >= 0.3 is 9.15 Å². The summed E-state index contributed by atoms with van der Waals surface area (Å²) in [5.74, 6) is 0. The summed E-state index contributed by atoms with van der Waals surface area (Å²) < 4.78 is 30.2. The second-order valence-corrected chi connectivity index (χ2v) is 6.72.